The number of carbonyl (C=O) groups is 2. The fourth-order valence-corrected chi connectivity index (χ4v) is 4.62. The van der Waals surface area contributed by atoms with Gasteiger partial charge in [0.2, 0.25) is 0 Å². The molecular formula is C22H22F2N4O5S. The lowest BCUT2D eigenvalue weighted by Crippen LogP contribution is -2.09. The number of nitrogens with one attached hydrogen (secondary N) is 1. The van der Waals surface area contributed by atoms with Gasteiger partial charge in [-0.15, -0.1) is 11.3 Å². The van der Waals surface area contributed by atoms with E-state index in [1.54, 1.807) is 29.7 Å². The topological polar surface area (TPSA) is 134 Å². The standard InChI is InChI=1S/C20H20F2N4OS.C2H2O4/c1-2-16-24-18(17-14-5-3-4-6-15(14)28-19(17)25-16)26-23-11-12-7-9-13(10-8-12)27-20(21)22;3-1(4)2(5)6/h7-11,20H,2-6H2,1H3,(H,24,25,26);(H,3,4)(H,5,6)/b23-11+;. The number of halogens is 2. The zero-order valence-electron chi connectivity index (χ0n) is 18.1. The molecule has 1 aromatic carbocycles. The van der Waals surface area contributed by atoms with Crippen LogP contribution in [0.5, 0.6) is 5.75 Å². The first-order valence-electron chi connectivity index (χ1n) is 10.4. The molecule has 0 saturated carbocycles. The van der Waals surface area contributed by atoms with Crippen molar-refractivity contribution >= 4 is 45.5 Å². The molecule has 0 saturated heterocycles. The van der Waals surface area contributed by atoms with Crippen molar-refractivity contribution in [2.24, 2.45) is 5.10 Å². The van der Waals surface area contributed by atoms with Crippen LogP contribution < -0.4 is 10.2 Å². The Balaban J connectivity index is 0.000000481. The van der Waals surface area contributed by atoms with E-state index in [0.717, 1.165) is 46.7 Å². The molecule has 0 unspecified atom stereocenters. The van der Waals surface area contributed by atoms with Crippen molar-refractivity contribution in [2.75, 3.05) is 5.43 Å². The smallest absolute Gasteiger partial charge is 0.414 e. The molecule has 0 aliphatic heterocycles. The number of hydrogen-bond acceptors (Lipinski definition) is 8. The number of hydrogen-bond donors (Lipinski definition) is 3. The highest BCUT2D eigenvalue weighted by Gasteiger charge is 2.20. The van der Waals surface area contributed by atoms with Crippen LogP contribution >= 0.6 is 11.3 Å². The lowest BCUT2D eigenvalue weighted by Gasteiger charge is -2.11. The molecule has 12 heteroatoms. The Kier molecular flexibility index (Phi) is 8.41. The van der Waals surface area contributed by atoms with Crippen LogP contribution in [0.2, 0.25) is 0 Å². The summed E-state index contributed by atoms with van der Waals surface area (Å²) in [4.78, 5) is 30.0. The molecule has 9 nitrogen and oxygen atoms in total. The maximum absolute atomic E-state index is 12.2. The fourth-order valence-electron chi connectivity index (χ4n) is 3.34. The molecular weight excluding hydrogens is 470 g/mol. The number of anilines is 1. The molecule has 0 atom stereocenters. The van der Waals surface area contributed by atoms with Gasteiger partial charge in [0, 0.05) is 11.3 Å². The van der Waals surface area contributed by atoms with Crippen LogP contribution in [0.15, 0.2) is 29.4 Å². The number of benzene rings is 1. The Morgan fingerprint density at radius 3 is 2.47 bits per heavy atom. The quantitative estimate of drug-likeness (QED) is 0.263. The van der Waals surface area contributed by atoms with Gasteiger partial charge in [0.1, 0.15) is 16.4 Å². The van der Waals surface area contributed by atoms with E-state index in [-0.39, 0.29) is 5.75 Å². The maximum Gasteiger partial charge on any atom is 0.414 e. The molecule has 0 bridgehead atoms. The van der Waals surface area contributed by atoms with Crippen LogP contribution in [0.1, 0.15) is 41.6 Å². The number of fused-ring (bicyclic) bond motifs is 3. The first-order valence-corrected chi connectivity index (χ1v) is 11.2. The summed E-state index contributed by atoms with van der Waals surface area (Å²) in [5.41, 5.74) is 5.18. The monoisotopic (exact) mass is 492 g/mol. The average molecular weight is 493 g/mol. The third-order valence-corrected chi connectivity index (χ3v) is 6.04. The number of rotatable bonds is 6. The molecule has 3 aromatic rings. The van der Waals surface area contributed by atoms with Crippen molar-refractivity contribution in [1.82, 2.24) is 9.97 Å². The molecule has 180 valence electrons. The van der Waals surface area contributed by atoms with Crippen LogP contribution in [-0.2, 0) is 28.9 Å². The molecule has 4 rings (SSSR count). The second-order valence-corrected chi connectivity index (χ2v) is 8.24. The molecule has 2 aromatic heterocycles. The second-order valence-electron chi connectivity index (χ2n) is 7.16. The summed E-state index contributed by atoms with van der Waals surface area (Å²) in [5.74, 6) is -2.01. The summed E-state index contributed by atoms with van der Waals surface area (Å²) < 4.78 is 28.8. The number of ether oxygens (including phenoxy) is 1. The SMILES string of the molecule is CCc1nc(N/N=C/c2ccc(OC(F)F)cc2)c2c3c(sc2n1)CCCC3.O=C(O)C(=O)O. The van der Waals surface area contributed by atoms with Crippen molar-refractivity contribution in [1.29, 1.82) is 0 Å². The van der Waals surface area contributed by atoms with Crippen LogP contribution in [0.4, 0.5) is 14.6 Å². The first kappa shape index (κ1) is 25.0. The minimum absolute atomic E-state index is 0.120. The van der Waals surface area contributed by atoms with Gasteiger partial charge in [-0.2, -0.15) is 13.9 Å². The molecule has 0 radical (unpaired) electrons. The summed E-state index contributed by atoms with van der Waals surface area (Å²) in [6.45, 7) is -0.796. The van der Waals surface area contributed by atoms with E-state index in [2.05, 4.69) is 20.2 Å². The number of aryl methyl sites for hydroxylation is 3. The molecule has 34 heavy (non-hydrogen) atoms. The maximum atomic E-state index is 12.2. The number of aliphatic carboxylic acids is 2. The Bertz CT molecular complexity index is 1190. The van der Waals surface area contributed by atoms with Gasteiger partial charge in [-0.1, -0.05) is 6.92 Å². The zero-order chi connectivity index (χ0) is 24.7. The van der Waals surface area contributed by atoms with Gasteiger partial charge in [-0.05, 0) is 61.1 Å². The van der Waals surface area contributed by atoms with E-state index in [1.165, 1.54) is 35.4 Å². The van der Waals surface area contributed by atoms with Gasteiger partial charge in [-0.3, -0.25) is 5.43 Å². The van der Waals surface area contributed by atoms with Crippen LogP contribution in [0.25, 0.3) is 10.2 Å². The molecule has 1 aliphatic carbocycles. The van der Waals surface area contributed by atoms with Crippen LogP contribution in [0, 0.1) is 0 Å². The Hall–Kier alpha value is -3.67. The van der Waals surface area contributed by atoms with Gasteiger partial charge >= 0.3 is 18.6 Å². The van der Waals surface area contributed by atoms with Gasteiger partial charge in [0.05, 0.1) is 11.6 Å². The molecule has 1 aliphatic rings. The summed E-state index contributed by atoms with van der Waals surface area (Å²) >= 11 is 1.76. The lowest BCUT2D eigenvalue weighted by molar-refractivity contribution is -0.159. The predicted octanol–water partition coefficient (Wildman–Crippen LogP) is 4.34. The van der Waals surface area contributed by atoms with E-state index in [9.17, 15) is 8.78 Å². The molecule has 0 amide bonds. The molecule has 2 heterocycles. The van der Waals surface area contributed by atoms with E-state index >= 15 is 0 Å². The number of alkyl halides is 2. The van der Waals surface area contributed by atoms with Gasteiger partial charge in [0.15, 0.2) is 5.82 Å². The van der Waals surface area contributed by atoms with Crippen molar-refractivity contribution in [2.45, 2.75) is 45.6 Å². The number of nitrogens with zero attached hydrogens (tertiary/aromatic N) is 3. The van der Waals surface area contributed by atoms with Crippen molar-refractivity contribution in [3.05, 3.63) is 46.1 Å². The van der Waals surface area contributed by atoms with E-state index < -0.39 is 18.6 Å². The molecule has 0 spiro atoms. The molecule has 3 N–H and O–H groups in total. The van der Waals surface area contributed by atoms with Crippen molar-refractivity contribution < 1.29 is 33.3 Å². The summed E-state index contributed by atoms with van der Waals surface area (Å²) in [7, 11) is 0. The van der Waals surface area contributed by atoms with Crippen LogP contribution in [0.3, 0.4) is 0 Å². The fraction of sp³-hybridized carbons (Fsp3) is 0.318. The number of hydrazone groups is 1. The largest absolute Gasteiger partial charge is 0.473 e. The zero-order valence-corrected chi connectivity index (χ0v) is 18.9. The summed E-state index contributed by atoms with van der Waals surface area (Å²) in [5, 5.41) is 20.2. The number of carboxylic acids is 2. The van der Waals surface area contributed by atoms with Crippen molar-refractivity contribution in [3.63, 3.8) is 0 Å². The number of carboxylic acid groups (broad SMARTS) is 2. The number of aromatic nitrogens is 2. The first-order chi connectivity index (χ1) is 16.3. The summed E-state index contributed by atoms with van der Waals surface area (Å²) in [6.07, 6.45) is 6.94. The molecule has 0 fully saturated rings. The minimum atomic E-state index is -2.83. The van der Waals surface area contributed by atoms with E-state index in [1.807, 2.05) is 6.92 Å². The van der Waals surface area contributed by atoms with Gasteiger partial charge < -0.3 is 14.9 Å². The Morgan fingerprint density at radius 2 is 1.85 bits per heavy atom. The predicted molar refractivity (Wildman–Crippen MR) is 123 cm³/mol. The van der Waals surface area contributed by atoms with E-state index in [0.29, 0.717) is 0 Å². The van der Waals surface area contributed by atoms with Gasteiger partial charge in [0.25, 0.3) is 0 Å². The Labute approximate surface area is 197 Å². The highest BCUT2D eigenvalue weighted by molar-refractivity contribution is 7.19. The summed E-state index contributed by atoms with van der Waals surface area (Å²) in [6, 6.07) is 6.31. The Morgan fingerprint density at radius 1 is 1.18 bits per heavy atom. The lowest BCUT2D eigenvalue weighted by atomic mass is 9.97. The van der Waals surface area contributed by atoms with Crippen LogP contribution in [-0.4, -0.2) is 44.9 Å². The minimum Gasteiger partial charge on any atom is -0.473 e. The third kappa shape index (κ3) is 6.44. The number of thiophene rings is 1. The van der Waals surface area contributed by atoms with Gasteiger partial charge in [-0.25, -0.2) is 19.6 Å². The third-order valence-electron chi connectivity index (χ3n) is 4.85. The van der Waals surface area contributed by atoms with E-state index in [4.69, 9.17) is 24.8 Å². The highest BCUT2D eigenvalue weighted by Crippen LogP contribution is 2.38. The normalized spacial score (nSPS) is 12.8. The van der Waals surface area contributed by atoms with Crippen molar-refractivity contribution in [3.8, 4) is 5.75 Å². The highest BCUT2D eigenvalue weighted by atomic mass is 32.1. The average Bonchev–Trinajstić information content (AvgIpc) is 3.18. The second kappa shape index (κ2) is 11.5.